The molecular weight excluding hydrogens is 237 g/mol. The first-order valence-corrected chi connectivity index (χ1v) is 7.05. The van der Waals surface area contributed by atoms with Gasteiger partial charge in [0.05, 0.1) is 11.2 Å². The fraction of sp³-hybridized carbons (Fsp3) is 0.500. The topological polar surface area (TPSA) is 3.24 Å². The van der Waals surface area contributed by atoms with Crippen molar-refractivity contribution in [2.24, 2.45) is 0 Å². The molecule has 1 aromatic carbocycles. The zero-order valence-corrected chi connectivity index (χ0v) is 13.8. The minimum Gasteiger partial charge on any atom is -0.346 e. The van der Waals surface area contributed by atoms with Gasteiger partial charge in [0.25, 0.3) is 0 Å². The van der Waals surface area contributed by atoms with E-state index in [1.54, 1.807) is 0 Å². The maximum absolute atomic E-state index is 2.90. The quantitative estimate of drug-likeness (QED) is 0.611. The van der Waals surface area contributed by atoms with E-state index in [1.807, 2.05) is 0 Å². The molecule has 0 aliphatic carbocycles. The van der Waals surface area contributed by atoms with Gasteiger partial charge >= 0.3 is 0 Å². The third-order valence-electron chi connectivity index (χ3n) is 4.48. The molecule has 0 radical (unpaired) electrons. The number of fused-ring (bicyclic) bond motifs is 1. The van der Waals surface area contributed by atoms with E-state index < -0.39 is 0 Å². The van der Waals surface area contributed by atoms with Gasteiger partial charge in [-0.2, -0.15) is 0 Å². The van der Waals surface area contributed by atoms with Gasteiger partial charge in [0.15, 0.2) is 0 Å². The van der Waals surface area contributed by atoms with E-state index in [1.165, 1.54) is 39.1 Å². The summed E-state index contributed by atoms with van der Waals surface area (Å²) in [5.74, 6) is 0. The van der Waals surface area contributed by atoms with Crippen LogP contribution in [0.15, 0.2) is 6.08 Å². The van der Waals surface area contributed by atoms with Gasteiger partial charge in [0.2, 0.25) is 0 Å². The highest BCUT2D eigenvalue weighted by Crippen LogP contribution is 2.46. The Morgan fingerprint density at radius 2 is 1.39 bits per heavy atom. The first kappa shape index (κ1) is 13.6. The molecule has 1 aromatic rings. The van der Waals surface area contributed by atoms with Crippen LogP contribution in [-0.2, 0) is 0 Å². The molecule has 1 nitrogen and oxygen atoms in total. The second-order valence-corrected chi connectivity index (χ2v) is 6.59. The van der Waals surface area contributed by atoms with Crippen LogP contribution in [0.1, 0.15) is 48.6 Å². The van der Waals surface area contributed by atoms with Crippen molar-refractivity contribution in [2.45, 2.75) is 54.0 Å². The van der Waals surface area contributed by atoms with E-state index >= 15 is 0 Å². The van der Waals surface area contributed by atoms with Crippen molar-refractivity contribution in [3.63, 3.8) is 0 Å². The van der Waals surface area contributed by atoms with Crippen LogP contribution in [0.25, 0.3) is 5.57 Å². The van der Waals surface area contributed by atoms with Crippen molar-refractivity contribution in [1.29, 1.82) is 0 Å². The molecule has 1 unspecified atom stereocenters. The lowest BCUT2D eigenvalue weighted by Gasteiger charge is -2.42. The summed E-state index contributed by atoms with van der Waals surface area (Å²) >= 11 is 0. The molecule has 1 heterocycles. The molecule has 98 valence electrons. The van der Waals surface area contributed by atoms with Crippen LogP contribution in [0.3, 0.4) is 0 Å². The summed E-state index contributed by atoms with van der Waals surface area (Å²) in [5, 5.41) is 0. The van der Waals surface area contributed by atoms with Crippen molar-refractivity contribution >= 4 is 20.7 Å². The van der Waals surface area contributed by atoms with Crippen molar-refractivity contribution < 1.29 is 0 Å². The van der Waals surface area contributed by atoms with Gasteiger partial charge in [-0.15, -0.1) is 0 Å². The van der Waals surface area contributed by atoms with Gasteiger partial charge in [-0.05, 0) is 85.7 Å². The maximum Gasteiger partial charge on any atom is 0.0565 e. The maximum atomic E-state index is 2.90. The van der Waals surface area contributed by atoms with E-state index in [2.05, 4.69) is 68.6 Å². The largest absolute Gasteiger partial charge is 0.346 e. The van der Waals surface area contributed by atoms with Gasteiger partial charge in [-0.3, -0.25) is 0 Å². The lowest BCUT2D eigenvalue weighted by atomic mass is 9.83. The highest BCUT2D eigenvalue weighted by atomic mass is 31.0. The van der Waals surface area contributed by atoms with Crippen LogP contribution >= 0.6 is 9.39 Å². The third-order valence-corrected chi connectivity index (χ3v) is 5.40. The molecule has 1 aliphatic heterocycles. The van der Waals surface area contributed by atoms with Crippen molar-refractivity contribution in [3.05, 3.63) is 33.9 Å². The summed E-state index contributed by atoms with van der Waals surface area (Å²) in [7, 11) is 2.90. The molecule has 0 spiro atoms. The molecule has 0 saturated heterocycles. The average Bonchev–Trinajstić information content (AvgIpc) is 2.27. The Labute approximate surface area is 114 Å². The number of hydrogen-bond acceptors (Lipinski definition) is 1. The highest BCUT2D eigenvalue weighted by molar-refractivity contribution is 7.19. The molecule has 0 saturated carbocycles. The smallest absolute Gasteiger partial charge is 0.0565 e. The minimum atomic E-state index is 0.0562. The fourth-order valence-corrected chi connectivity index (χ4v) is 3.43. The van der Waals surface area contributed by atoms with Crippen molar-refractivity contribution in [3.8, 4) is 0 Å². The molecule has 0 bridgehead atoms. The van der Waals surface area contributed by atoms with Gasteiger partial charge < -0.3 is 4.67 Å². The number of hydrogen-bond donors (Lipinski definition) is 0. The van der Waals surface area contributed by atoms with E-state index in [0.29, 0.717) is 0 Å². The summed E-state index contributed by atoms with van der Waals surface area (Å²) in [6.45, 7) is 15.7. The molecule has 2 heteroatoms. The number of nitrogens with zero attached hydrogens (tertiary/aromatic N) is 1. The zero-order valence-electron chi connectivity index (χ0n) is 12.6. The summed E-state index contributed by atoms with van der Waals surface area (Å²) < 4.78 is 2.34. The van der Waals surface area contributed by atoms with Crippen LogP contribution < -0.4 is 4.67 Å². The van der Waals surface area contributed by atoms with Gasteiger partial charge in [0, 0.05) is 5.56 Å². The van der Waals surface area contributed by atoms with E-state index in [9.17, 15) is 0 Å². The fourth-order valence-electron chi connectivity index (χ4n) is 3.04. The molecule has 0 amide bonds. The predicted octanol–water partition coefficient (Wildman–Crippen LogP) is 4.71. The summed E-state index contributed by atoms with van der Waals surface area (Å²) in [6.07, 6.45) is 2.36. The highest BCUT2D eigenvalue weighted by Gasteiger charge is 2.31. The number of rotatable bonds is 0. The third kappa shape index (κ3) is 1.72. The Bertz CT molecular complexity index is 553. The van der Waals surface area contributed by atoms with Crippen LogP contribution in [-0.4, -0.2) is 5.54 Å². The second-order valence-electron chi connectivity index (χ2n) is 6.07. The lowest BCUT2D eigenvalue weighted by molar-refractivity contribution is 0.654. The van der Waals surface area contributed by atoms with Gasteiger partial charge in [0.1, 0.15) is 0 Å². The van der Waals surface area contributed by atoms with Crippen LogP contribution in [0.2, 0.25) is 0 Å². The lowest BCUT2D eigenvalue weighted by Crippen LogP contribution is -2.38. The molecule has 0 aromatic heterocycles. The Hall–Kier alpha value is -0.810. The Kier molecular flexibility index (Phi) is 3.10. The molecule has 0 fully saturated rings. The van der Waals surface area contributed by atoms with E-state index in [-0.39, 0.29) is 5.54 Å². The number of anilines is 1. The minimum absolute atomic E-state index is 0.0562. The molecule has 18 heavy (non-hydrogen) atoms. The van der Waals surface area contributed by atoms with Crippen molar-refractivity contribution in [1.82, 2.24) is 0 Å². The zero-order chi connectivity index (χ0) is 13.8. The first-order valence-electron chi connectivity index (χ1n) is 6.53. The second kappa shape index (κ2) is 4.10. The summed E-state index contributed by atoms with van der Waals surface area (Å²) in [5.41, 5.74) is 9.93. The number of allylic oxidation sites excluding steroid dienone is 1. The van der Waals surface area contributed by atoms with E-state index in [4.69, 9.17) is 0 Å². The average molecular weight is 261 g/mol. The van der Waals surface area contributed by atoms with Gasteiger partial charge in [-0.25, -0.2) is 0 Å². The van der Waals surface area contributed by atoms with E-state index in [0.717, 1.165) is 0 Å². The Balaban J connectivity index is 2.89. The molecule has 1 aliphatic rings. The summed E-state index contributed by atoms with van der Waals surface area (Å²) in [6, 6.07) is 0. The van der Waals surface area contributed by atoms with Crippen LogP contribution in [0, 0.1) is 27.7 Å². The number of benzene rings is 1. The van der Waals surface area contributed by atoms with Gasteiger partial charge in [-0.1, -0.05) is 6.08 Å². The standard InChI is InChI=1S/C16H24NP/c1-9-8-16(6,7)17(18)15-13(5)11(3)10(2)12(4)14(9)15/h8H,18H2,1-7H3. The SMILES string of the molecule is CC1=CC(C)(C)N(P)c2c(C)c(C)c(C)c(C)c21. The molecule has 2 rings (SSSR count). The Morgan fingerprint density at radius 1 is 0.889 bits per heavy atom. The summed E-state index contributed by atoms with van der Waals surface area (Å²) in [4.78, 5) is 0. The normalized spacial score (nSPS) is 17.6. The first-order chi connectivity index (χ1) is 8.18. The Morgan fingerprint density at radius 3 is 1.94 bits per heavy atom. The monoisotopic (exact) mass is 261 g/mol. The molecule has 0 N–H and O–H groups in total. The predicted molar refractivity (Wildman–Crippen MR) is 85.3 cm³/mol. The van der Waals surface area contributed by atoms with Crippen LogP contribution in [0.4, 0.5) is 5.69 Å². The van der Waals surface area contributed by atoms with Crippen LogP contribution in [0.5, 0.6) is 0 Å². The molecule has 1 atom stereocenters. The van der Waals surface area contributed by atoms with Crippen molar-refractivity contribution in [2.75, 3.05) is 4.67 Å². The molecular formula is C16H24NP.